The average molecular weight is 368 g/mol. The van der Waals surface area contributed by atoms with Gasteiger partial charge in [0.2, 0.25) is 0 Å². The highest BCUT2D eigenvalue weighted by molar-refractivity contribution is 5.95. The molecular weight excluding hydrogens is 340 g/mol. The van der Waals surface area contributed by atoms with E-state index in [1.54, 1.807) is 26.2 Å². The van der Waals surface area contributed by atoms with Crippen molar-refractivity contribution in [3.8, 4) is 11.1 Å². The van der Waals surface area contributed by atoms with Crippen LogP contribution >= 0.6 is 0 Å². The van der Waals surface area contributed by atoms with Crippen LogP contribution in [-0.4, -0.2) is 46.7 Å². The van der Waals surface area contributed by atoms with Crippen molar-refractivity contribution in [2.45, 2.75) is 45.3 Å². The van der Waals surface area contributed by atoms with E-state index in [2.05, 4.69) is 4.98 Å². The first kappa shape index (κ1) is 19.5. The van der Waals surface area contributed by atoms with Crippen molar-refractivity contribution < 1.29 is 14.6 Å². The Hall–Kier alpha value is -2.24. The molecule has 0 unspecified atom stereocenters. The fourth-order valence-electron chi connectivity index (χ4n) is 3.41. The molecule has 2 aromatic rings. The molecule has 0 aliphatic carbocycles. The van der Waals surface area contributed by atoms with Gasteiger partial charge in [0.25, 0.3) is 5.91 Å². The number of hydrogen-bond donors (Lipinski definition) is 1. The summed E-state index contributed by atoms with van der Waals surface area (Å²) in [6.45, 7) is 7.65. The molecule has 1 amide bonds. The zero-order valence-corrected chi connectivity index (χ0v) is 16.3. The lowest BCUT2D eigenvalue weighted by Crippen LogP contribution is -2.40. The number of likely N-dealkylation sites (tertiary alicyclic amines) is 1. The topological polar surface area (TPSA) is 62.7 Å². The predicted octanol–water partition coefficient (Wildman–Crippen LogP) is 3.62. The van der Waals surface area contributed by atoms with Crippen molar-refractivity contribution in [1.29, 1.82) is 0 Å². The van der Waals surface area contributed by atoms with Crippen LogP contribution < -0.4 is 0 Å². The van der Waals surface area contributed by atoms with Gasteiger partial charge in [-0.25, -0.2) is 0 Å². The molecule has 1 saturated heterocycles. The molecule has 0 radical (unpaired) electrons. The summed E-state index contributed by atoms with van der Waals surface area (Å²) in [6.07, 6.45) is 5.46. The lowest BCUT2D eigenvalue weighted by molar-refractivity contribution is 0.0146. The molecule has 5 nitrogen and oxygen atoms in total. The Labute approximate surface area is 161 Å². The fourth-order valence-corrected chi connectivity index (χ4v) is 3.41. The van der Waals surface area contributed by atoms with Crippen LogP contribution in [0.3, 0.4) is 0 Å². The Morgan fingerprint density at radius 3 is 2.63 bits per heavy atom. The van der Waals surface area contributed by atoms with Gasteiger partial charge in [0.1, 0.15) is 0 Å². The van der Waals surface area contributed by atoms with Crippen LogP contribution in [0.1, 0.15) is 49.5 Å². The second-order valence-electron chi connectivity index (χ2n) is 7.55. The van der Waals surface area contributed by atoms with Gasteiger partial charge in [0.15, 0.2) is 0 Å². The maximum absolute atomic E-state index is 12.9. The van der Waals surface area contributed by atoms with Crippen LogP contribution in [0.25, 0.3) is 11.1 Å². The minimum atomic E-state index is -0.957. The number of carbonyl (C=O) groups excluding carboxylic acids is 1. The summed E-state index contributed by atoms with van der Waals surface area (Å²) in [4.78, 5) is 19.1. The number of ether oxygens (including phenoxy) is 1. The van der Waals surface area contributed by atoms with Crippen LogP contribution in [0.4, 0.5) is 0 Å². The van der Waals surface area contributed by atoms with E-state index in [0.717, 1.165) is 49.2 Å². The predicted molar refractivity (Wildman–Crippen MR) is 105 cm³/mol. The molecular formula is C22H28N2O3. The van der Waals surface area contributed by atoms with Crippen LogP contribution in [0.5, 0.6) is 0 Å². The second kappa shape index (κ2) is 8.19. The molecule has 144 valence electrons. The number of pyridine rings is 1. The molecule has 27 heavy (non-hydrogen) atoms. The van der Waals surface area contributed by atoms with Gasteiger partial charge in [-0.3, -0.25) is 9.78 Å². The lowest BCUT2D eigenvalue weighted by atomic mass is 9.96. The highest BCUT2D eigenvalue weighted by atomic mass is 16.5. The molecule has 5 heteroatoms. The van der Waals surface area contributed by atoms with Gasteiger partial charge in [-0.1, -0.05) is 12.1 Å². The zero-order valence-electron chi connectivity index (χ0n) is 16.3. The van der Waals surface area contributed by atoms with Gasteiger partial charge in [-0.05, 0) is 57.4 Å². The number of amides is 1. The number of piperidine rings is 1. The largest absolute Gasteiger partial charge is 0.386 e. The van der Waals surface area contributed by atoms with Crippen molar-refractivity contribution in [3.63, 3.8) is 0 Å². The molecule has 2 heterocycles. The Morgan fingerprint density at radius 1 is 1.22 bits per heavy atom. The molecule has 0 bridgehead atoms. The smallest absolute Gasteiger partial charge is 0.253 e. The number of hydrogen-bond acceptors (Lipinski definition) is 4. The van der Waals surface area contributed by atoms with E-state index >= 15 is 0 Å². The first-order chi connectivity index (χ1) is 12.9. The van der Waals surface area contributed by atoms with Crippen molar-refractivity contribution in [2.24, 2.45) is 0 Å². The first-order valence-electron chi connectivity index (χ1n) is 9.57. The van der Waals surface area contributed by atoms with E-state index in [-0.39, 0.29) is 12.0 Å². The van der Waals surface area contributed by atoms with E-state index in [1.807, 2.05) is 42.2 Å². The number of nitrogens with zero attached hydrogens (tertiary/aromatic N) is 2. The van der Waals surface area contributed by atoms with E-state index in [0.29, 0.717) is 5.56 Å². The van der Waals surface area contributed by atoms with Gasteiger partial charge >= 0.3 is 0 Å². The molecule has 1 aromatic heterocycles. The monoisotopic (exact) mass is 368 g/mol. The molecule has 3 rings (SSSR count). The highest BCUT2D eigenvalue weighted by Crippen LogP contribution is 2.26. The fraction of sp³-hybridized carbons (Fsp3) is 0.455. The average Bonchev–Trinajstić information content (AvgIpc) is 2.68. The zero-order chi connectivity index (χ0) is 19.4. The summed E-state index contributed by atoms with van der Waals surface area (Å²) in [6, 6.07) is 9.54. The molecule has 0 spiro atoms. The summed E-state index contributed by atoms with van der Waals surface area (Å²) in [7, 11) is 0. The Bertz CT molecular complexity index is 790. The summed E-state index contributed by atoms with van der Waals surface area (Å²) < 4.78 is 5.67. The van der Waals surface area contributed by atoms with Gasteiger partial charge < -0.3 is 14.7 Å². The van der Waals surface area contributed by atoms with Gasteiger partial charge in [-0.15, -0.1) is 0 Å². The molecule has 0 atom stereocenters. The van der Waals surface area contributed by atoms with Gasteiger partial charge in [0, 0.05) is 48.8 Å². The third-order valence-corrected chi connectivity index (χ3v) is 5.02. The molecule has 1 aliphatic rings. The second-order valence-corrected chi connectivity index (χ2v) is 7.55. The van der Waals surface area contributed by atoms with Crippen molar-refractivity contribution in [1.82, 2.24) is 9.88 Å². The Balaban J connectivity index is 1.77. The summed E-state index contributed by atoms with van der Waals surface area (Å²) in [5.74, 6) is 0.0541. The SMILES string of the molecule is CCOC1CCN(C(=O)c2cccc(-c3cncc(C(C)(C)O)c3)c2)CC1. The summed E-state index contributed by atoms with van der Waals surface area (Å²) in [5, 5.41) is 10.2. The summed E-state index contributed by atoms with van der Waals surface area (Å²) in [5.41, 5.74) is 2.27. The minimum Gasteiger partial charge on any atom is -0.386 e. The first-order valence-corrected chi connectivity index (χ1v) is 9.57. The van der Waals surface area contributed by atoms with E-state index in [4.69, 9.17) is 4.74 Å². The van der Waals surface area contributed by atoms with Gasteiger partial charge in [-0.2, -0.15) is 0 Å². The van der Waals surface area contributed by atoms with Crippen LogP contribution in [0.15, 0.2) is 42.7 Å². The standard InChI is InChI=1S/C22H28N2O3/c1-4-27-20-8-10-24(11-9-20)21(25)17-7-5-6-16(12-17)18-13-19(15-23-14-18)22(2,3)26/h5-7,12-15,20,26H,4,8-11H2,1-3H3. The van der Waals surface area contributed by atoms with Gasteiger partial charge in [0.05, 0.1) is 11.7 Å². The van der Waals surface area contributed by atoms with Crippen molar-refractivity contribution in [2.75, 3.05) is 19.7 Å². The van der Waals surface area contributed by atoms with Crippen LogP contribution in [0.2, 0.25) is 0 Å². The Morgan fingerprint density at radius 2 is 1.96 bits per heavy atom. The molecule has 1 N–H and O–H groups in total. The quantitative estimate of drug-likeness (QED) is 0.876. The number of benzene rings is 1. The maximum Gasteiger partial charge on any atom is 0.253 e. The summed E-state index contributed by atoms with van der Waals surface area (Å²) >= 11 is 0. The number of carbonyl (C=O) groups is 1. The maximum atomic E-state index is 12.9. The molecule has 1 fully saturated rings. The highest BCUT2D eigenvalue weighted by Gasteiger charge is 2.24. The number of aliphatic hydroxyl groups is 1. The third-order valence-electron chi connectivity index (χ3n) is 5.02. The van der Waals surface area contributed by atoms with Crippen LogP contribution in [0, 0.1) is 0 Å². The van der Waals surface area contributed by atoms with Crippen LogP contribution in [-0.2, 0) is 10.3 Å². The molecule has 1 aliphatic heterocycles. The van der Waals surface area contributed by atoms with Crippen molar-refractivity contribution >= 4 is 5.91 Å². The lowest BCUT2D eigenvalue weighted by Gasteiger charge is -2.31. The Kier molecular flexibility index (Phi) is 5.92. The van der Waals surface area contributed by atoms with E-state index in [1.165, 1.54) is 0 Å². The van der Waals surface area contributed by atoms with Crippen molar-refractivity contribution in [3.05, 3.63) is 53.9 Å². The molecule has 0 saturated carbocycles. The minimum absolute atomic E-state index is 0.0541. The number of rotatable bonds is 5. The van der Waals surface area contributed by atoms with E-state index in [9.17, 15) is 9.90 Å². The van der Waals surface area contributed by atoms with E-state index < -0.39 is 5.60 Å². The molecule has 1 aromatic carbocycles. The number of aromatic nitrogens is 1. The normalized spacial score (nSPS) is 15.8. The third kappa shape index (κ3) is 4.73.